The van der Waals surface area contributed by atoms with Crippen molar-refractivity contribution in [1.29, 1.82) is 0 Å². The number of halogens is 2. The Bertz CT molecular complexity index is 591. The Balaban J connectivity index is 2.13. The van der Waals surface area contributed by atoms with Crippen molar-refractivity contribution in [1.82, 2.24) is 0 Å². The average Bonchev–Trinajstić information content (AvgIpc) is 2.40. The molecule has 0 aliphatic carbocycles. The van der Waals surface area contributed by atoms with E-state index in [1.165, 1.54) is 6.07 Å². The third kappa shape index (κ3) is 3.14. The maximum Gasteiger partial charge on any atom is 0.190 e. The van der Waals surface area contributed by atoms with E-state index >= 15 is 0 Å². The number of aliphatic hydroxyl groups is 1. The summed E-state index contributed by atoms with van der Waals surface area (Å²) in [5.74, 6) is -2.02. The van der Waals surface area contributed by atoms with Gasteiger partial charge in [-0.3, -0.25) is 0 Å². The number of ether oxygens (including phenoxy) is 1. The Kier molecular flexibility index (Phi) is 4.35. The summed E-state index contributed by atoms with van der Waals surface area (Å²) in [6, 6.07) is 9.14. The minimum atomic E-state index is -0.936. The average molecular weight is 278 g/mol. The van der Waals surface area contributed by atoms with Crippen molar-refractivity contribution >= 4 is 0 Å². The zero-order valence-electron chi connectivity index (χ0n) is 11.4. The van der Waals surface area contributed by atoms with Gasteiger partial charge in [-0.25, -0.2) is 8.78 Å². The second-order valence-corrected chi connectivity index (χ2v) is 4.74. The van der Waals surface area contributed by atoms with Gasteiger partial charge in [0.05, 0.1) is 0 Å². The first-order valence-corrected chi connectivity index (χ1v) is 6.31. The van der Waals surface area contributed by atoms with Crippen molar-refractivity contribution in [3.05, 3.63) is 64.7 Å². The number of rotatable bonds is 4. The zero-order valence-corrected chi connectivity index (χ0v) is 11.4. The Labute approximate surface area is 116 Å². The van der Waals surface area contributed by atoms with Gasteiger partial charge in [0.1, 0.15) is 12.7 Å². The summed E-state index contributed by atoms with van der Waals surface area (Å²) in [4.78, 5) is 0. The van der Waals surface area contributed by atoms with E-state index in [1.54, 1.807) is 0 Å². The fourth-order valence-electron chi connectivity index (χ4n) is 1.99. The number of aliphatic hydroxyl groups excluding tert-OH is 1. The van der Waals surface area contributed by atoms with Crippen molar-refractivity contribution in [2.75, 3.05) is 6.61 Å². The zero-order chi connectivity index (χ0) is 14.7. The van der Waals surface area contributed by atoms with Crippen LogP contribution in [0.5, 0.6) is 5.75 Å². The van der Waals surface area contributed by atoms with Gasteiger partial charge in [-0.2, -0.15) is 0 Å². The smallest absolute Gasteiger partial charge is 0.190 e. The quantitative estimate of drug-likeness (QED) is 0.924. The molecule has 0 aliphatic rings. The number of benzene rings is 2. The highest BCUT2D eigenvalue weighted by Gasteiger charge is 2.15. The first kappa shape index (κ1) is 14.5. The van der Waals surface area contributed by atoms with Crippen LogP contribution in [0.1, 0.15) is 22.8 Å². The molecular formula is C16H16F2O2. The predicted octanol–water partition coefficient (Wildman–Crippen LogP) is 3.69. The van der Waals surface area contributed by atoms with Crippen LogP contribution >= 0.6 is 0 Å². The SMILES string of the molecule is Cc1ccc(C)c(C(O)COc2c(F)cccc2F)c1. The molecule has 0 amide bonds. The molecule has 1 atom stereocenters. The molecule has 2 nitrogen and oxygen atoms in total. The van der Waals surface area contributed by atoms with E-state index in [0.717, 1.165) is 23.3 Å². The third-order valence-corrected chi connectivity index (χ3v) is 3.10. The highest BCUT2D eigenvalue weighted by atomic mass is 19.1. The molecule has 2 aromatic rings. The number of hydrogen-bond donors (Lipinski definition) is 1. The maximum absolute atomic E-state index is 13.4. The van der Waals surface area contributed by atoms with Crippen LogP contribution in [-0.2, 0) is 0 Å². The third-order valence-electron chi connectivity index (χ3n) is 3.10. The number of hydrogen-bond acceptors (Lipinski definition) is 2. The molecule has 0 saturated heterocycles. The van der Waals surface area contributed by atoms with Crippen LogP contribution in [0.25, 0.3) is 0 Å². The van der Waals surface area contributed by atoms with E-state index in [1.807, 2.05) is 32.0 Å². The molecule has 0 bridgehead atoms. The minimum Gasteiger partial charge on any atom is -0.484 e. The second-order valence-electron chi connectivity index (χ2n) is 4.74. The normalized spacial score (nSPS) is 12.2. The van der Waals surface area contributed by atoms with E-state index < -0.39 is 23.5 Å². The number of aryl methyl sites for hydroxylation is 2. The van der Waals surface area contributed by atoms with E-state index in [4.69, 9.17) is 4.74 Å². The Morgan fingerprint density at radius 2 is 1.75 bits per heavy atom. The van der Waals surface area contributed by atoms with E-state index in [9.17, 15) is 13.9 Å². The van der Waals surface area contributed by atoms with Gasteiger partial charge in [0.2, 0.25) is 0 Å². The number of para-hydroxylation sites is 1. The summed E-state index contributed by atoms with van der Waals surface area (Å²) < 4.78 is 31.9. The monoisotopic (exact) mass is 278 g/mol. The summed E-state index contributed by atoms with van der Waals surface area (Å²) in [5, 5.41) is 10.1. The van der Waals surface area contributed by atoms with Crippen LogP contribution in [0.2, 0.25) is 0 Å². The topological polar surface area (TPSA) is 29.5 Å². The first-order valence-electron chi connectivity index (χ1n) is 6.31. The summed E-state index contributed by atoms with van der Waals surface area (Å²) in [5.41, 5.74) is 2.60. The Morgan fingerprint density at radius 3 is 2.40 bits per heavy atom. The fourth-order valence-corrected chi connectivity index (χ4v) is 1.99. The van der Waals surface area contributed by atoms with Crippen molar-refractivity contribution in [2.24, 2.45) is 0 Å². The molecule has 0 heterocycles. The van der Waals surface area contributed by atoms with Gasteiger partial charge < -0.3 is 9.84 Å². The molecule has 0 aromatic heterocycles. The Hall–Kier alpha value is -1.94. The van der Waals surface area contributed by atoms with Crippen molar-refractivity contribution in [3.63, 3.8) is 0 Å². The largest absolute Gasteiger partial charge is 0.484 e. The molecule has 0 radical (unpaired) electrons. The fraction of sp³-hybridized carbons (Fsp3) is 0.250. The van der Waals surface area contributed by atoms with Gasteiger partial charge in [-0.15, -0.1) is 0 Å². The van der Waals surface area contributed by atoms with Gasteiger partial charge in [-0.05, 0) is 37.1 Å². The van der Waals surface area contributed by atoms with Crippen LogP contribution < -0.4 is 4.74 Å². The highest BCUT2D eigenvalue weighted by molar-refractivity contribution is 5.32. The maximum atomic E-state index is 13.4. The van der Waals surface area contributed by atoms with Crippen LogP contribution in [0.3, 0.4) is 0 Å². The van der Waals surface area contributed by atoms with E-state index in [-0.39, 0.29) is 6.61 Å². The summed E-state index contributed by atoms with van der Waals surface area (Å²) in [6.07, 6.45) is -0.936. The lowest BCUT2D eigenvalue weighted by atomic mass is 10.0. The Morgan fingerprint density at radius 1 is 1.10 bits per heavy atom. The van der Waals surface area contributed by atoms with E-state index in [2.05, 4.69) is 0 Å². The summed E-state index contributed by atoms with van der Waals surface area (Å²) in [6.45, 7) is 3.57. The van der Waals surface area contributed by atoms with E-state index in [0.29, 0.717) is 5.56 Å². The molecule has 0 spiro atoms. The van der Waals surface area contributed by atoms with Crippen LogP contribution in [0.4, 0.5) is 8.78 Å². The van der Waals surface area contributed by atoms with Gasteiger partial charge >= 0.3 is 0 Å². The minimum absolute atomic E-state index is 0.206. The van der Waals surface area contributed by atoms with Gasteiger partial charge in [0.15, 0.2) is 17.4 Å². The lowest BCUT2D eigenvalue weighted by Gasteiger charge is -2.16. The summed E-state index contributed by atoms with van der Waals surface area (Å²) >= 11 is 0. The molecule has 20 heavy (non-hydrogen) atoms. The molecular weight excluding hydrogens is 262 g/mol. The highest BCUT2D eigenvalue weighted by Crippen LogP contribution is 2.24. The van der Waals surface area contributed by atoms with Gasteiger partial charge in [0, 0.05) is 0 Å². The molecule has 0 fully saturated rings. The van der Waals surface area contributed by atoms with Crippen LogP contribution in [-0.4, -0.2) is 11.7 Å². The molecule has 4 heteroatoms. The summed E-state index contributed by atoms with van der Waals surface area (Å²) in [7, 11) is 0. The molecule has 1 N–H and O–H groups in total. The van der Waals surface area contributed by atoms with Crippen molar-refractivity contribution in [2.45, 2.75) is 20.0 Å². The molecule has 106 valence electrons. The van der Waals surface area contributed by atoms with Crippen molar-refractivity contribution < 1.29 is 18.6 Å². The predicted molar refractivity (Wildman–Crippen MR) is 72.7 cm³/mol. The molecule has 2 aromatic carbocycles. The lowest BCUT2D eigenvalue weighted by Crippen LogP contribution is -2.12. The molecule has 0 saturated carbocycles. The molecule has 1 unspecified atom stereocenters. The van der Waals surface area contributed by atoms with Crippen LogP contribution in [0, 0.1) is 25.5 Å². The lowest BCUT2D eigenvalue weighted by molar-refractivity contribution is 0.102. The molecule has 0 aliphatic heterocycles. The molecule has 2 rings (SSSR count). The van der Waals surface area contributed by atoms with Crippen molar-refractivity contribution in [3.8, 4) is 5.75 Å². The first-order chi connectivity index (χ1) is 9.49. The van der Waals surface area contributed by atoms with Gasteiger partial charge in [0.25, 0.3) is 0 Å². The second kappa shape index (κ2) is 6.01. The standard InChI is InChI=1S/C16H16F2O2/c1-10-6-7-11(2)12(8-10)15(19)9-20-16-13(17)4-3-5-14(16)18/h3-8,15,19H,9H2,1-2H3. The van der Waals surface area contributed by atoms with Crippen LogP contribution in [0.15, 0.2) is 36.4 Å². The van der Waals surface area contributed by atoms with Gasteiger partial charge in [-0.1, -0.05) is 29.8 Å².